The molecule has 2 aromatic heterocycles. The van der Waals surface area contributed by atoms with Crippen molar-refractivity contribution in [1.29, 1.82) is 0 Å². The van der Waals surface area contributed by atoms with Gasteiger partial charge in [0.1, 0.15) is 0 Å². The van der Waals surface area contributed by atoms with E-state index in [4.69, 9.17) is 5.53 Å². The smallest absolute Gasteiger partial charge is 0.266 e. The maximum absolute atomic E-state index is 13.0. The van der Waals surface area contributed by atoms with Gasteiger partial charge in [0.15, 0.2) is 4.96 Å². The molecule has 0 bridgehead atoms. The number of aryl methyl sites for hydroxylation is 2. The van der Waals surface area contributed by atoms with E-state index >= 15 is 0 Å². The molecule has 0 amide bonds. The van der Waals surface area contributed by atoms with Crippen LogP contribution in [-0.2, 0) is 0 Å². The minimum absolute atomic E-state index is 0.132. The van der Waals surface area contributed by atoms with Gasteiger partial charge in [-0.15, -0.1) is 11.3 Å². The summed E-state index contributed by atoms with van der Waals surface area (Å²) in [6.45, 7) is 5.61. The second kappa shape index (κ2) is 5.87. The molecule has 6 nitrogen and oxygen atoms in total. The summed E-state index contributed by atoms with van der Waals surface area (Å²) < 4.78 is 1.60. The minimum Gasteiger partial charge on any atom is -0.268 e. The Morgan fingerprint density at radius 3 is 2.65 bits per heavy atom. The third-order valence-electron chi connectivity index (χ3n) is 3.73. The summed E-state index contributed by atoms with van der Waals surface area (Å²) in [4.78, 5) is 21.1. The van der Waals surface area contributed by atoms with Crippen molar-refractivity contribution < 1.29 is 0 Å². The fraction of sp³-hybridized carbons (Fsp3) is 0.250. The van der Waals surface area contributed by atoms with Crippen LogP contribution < -0.4 is 5.56 Å². The first-order valence-corrected chi connectivity index (χ1v) is 8.03. The summed E-state index contributed by atoms with van der Waals surface area (Å²) in [5.74, 6) is 0. The Morgan fingerprint density at radius 1 is 1.30 bits per heavy atom. The molecule has 2 heterocycles. The van der Waals surface area contributed by atoms with Gasteiger partial charge in [0.05, 0.1) is 17.3 Å². The Balaban J connectivity index is 2.40. The molecule has 0 spiro atoms. The van der Waals surface area contributed by atoms with E-state index in [9.17, 15) is 4.79 Å². The van der Waals surface area contributed by atoms with Crippen molar-refractivity contribution in [2.45, 2.75) is 26.8 Å². The molecule has 0 N–H and O–H groups in total. The van der Waals surface area contributed by atoms with Crippen molar-refractivity contribution >= 4 is 16.3 Å². The zero-order chi connectivity index (χ0) is 16.6. The Kier molecular flexibility index (Phi) is 3.90. The monoisotopic (exact) mass is 325 g/mol. The zero-order valence-corrected chi connectivity index (χ0v) is 13.8. The molecule has 23 heavy (non-hydrogen) atoms. The van der Waals surface area contributed by atoms with Gasteiger partial charge < -0.3 is 0 Å². The number of aromatic nitrogens is 2. The van der Waals surface area contributed by atoms with Crippen LogP contribution in [0.5, 0.6) is 0 Å². The number of hydrogen-bond donors (Lipinski definition) is 0. The van der Waals surface area contributed by atoms with Crippen LogP contribution in [0.4, 0.5) is 0 Å². The topological polar surface area (TPSA) is 83.1 Å². The molecule has 0 aliphatic carbocycles. The van der Waals surface area contributed by atoms with Crippen LogP contribution in [0.2, 0.25) is 0 Å². The zero-order valence-electron chi connectivity index (χ0n) is 13.0. The minimum atomic E-state index is -0.517. The van der Waals surface area contributed by atoms with Crippen molar-refractivity contribution in [2.75, 3.05) is 0 Å². The maximum Gasteiger partial charge on any atom is 0.266 e. The first kappa shape index (κ1) is 15.3. The average Bonchev–Trinajstić information content (AvgIpc) is 2.90. The van der Waals surface area contributed by atoms with Crippen molar-refractivity contribution in [3.63, 3.8) is 0 Å². The van der Waals surface area contributed by atoms with E-state index in [1.165, 1.54) is 11.3 Å². The summed E-state index contributed by atoms with van der Waals surface area (Å²) in [6.07, 6.45) is 0. The van der Waals surface area contributed by atoms with E-state index in [0.29, 0.717) is 16.2 Å². The highest BCUT2D eigenvalue weighted by molar-refractivity contribution is 7.15. The molecule has 1 aromatic carbocycles. The van der Waals surface area contributed by atoms with Crippen molar-refractivity contribution in [3.05, 3.63) is 67.4 Å². The highest BCUT2D eigenvalue weighted by Gasteiger charge is 2.20. The molecule has 1 unspecified atom stereocenters. The van der Waals surface area contributed by atoms with Gasteiger partial charge in [0, 0.05) is 16.0 Å². The molecule has 0 saturated heterocycles. The van der Waals surface area contributed by atoms with Crippen molar-refractivity contribution in [2.24, 2.45) is 5.11 Å². The Bertz CT molecular complexity index is 980. The van der Waals surface area contributed by atoms with E-state index < -0.39 is 6.04 Å². The molecule has 116 valence electrons. The highest BCUT2D eigenvalue weighted by Crippen LogP contribution is 2.28. The maximum atomic E-state index is 13.0. The molecule has 3 aromatic rings. The van der Waals surface area contributed by atoms with E-state index in [2.05, 4.69) is 15.0 Å². The second-order valence-corrected chi connectivity index (χ2v) is 6.26. The third-order valence-corrected chi connectivity index (χ3v) is 4.67. The van der Waals surface area contributed by atoms with Gasteiger partial charge in [-0.3, -0.25) is 9.20 Å². The molecule has 1 atom stereocenters. The van der Waals surface area contributed by atoms with Crippen molar-refractivity contribution in [1.82, 2.24) is 9.38 Å². The summed E-state index contributed by atoms with van der Waals surface area (Å²) >= 11 is 1.40. The molecular formula is C16H15N5OS. The quantitative estimate of drug-likeness (QED) is 0.406. The molecule has 0 radical (unpaired) electrons. The second-order valence-electron chi connectivity index (χ2n) is 5.42. The van der Waals surface area contributed by atoms with Gasteiger partial charge in [0.25, 0.3) is 5.56 Å². The van der Waals surface area contributed by atoms with Crippen LogP contribution in [0.1, 0.15) is 29.9 Å². The lowest BCUT2D eigenvalue weighted by molar-refractivity contribution is 0.770. The molecule has 3 rings (SSSR count). The lowest BCUT2D eigenvalue weighted by atomic mass is 10.0. The number of rotatable bonds is 3. The summed E-state index contributed by atoms with van der Waals surface area (Å²) in [7, 11) is 0. The Labute approximate surface area is 136 Å². The highest BCUT2D eigenvalue weighted by atomic mass is 32.1. The van der Waals surface area contributed by atoms with E-state index in [-0.39, 0.29) is 5.56 Å². The molecular weight excluding hydrogens is 310 g/mol. The number of thiazole rings is 1. The fourth-order valence-electron chi connectivity index (χ4n) is 2.52. The summed E-state index contributed by atoms with van der Waals surface area (Å²) in [5.41, 5.74) is 12.3. The van der Waals surface area contributed by atoms with Gasteiger partial charge in [-0.05, 0) is 24.9 Å². The van der Waals surface area contributed by atoms with Crippen LogP contribution >= 0.6 is 11.3 Å². The van der Waals surface area contributed by atoms with E-state index in [1.807, 2.05) is 43.5 Å². The van der Waals surface area contributed by atoms with Crippen LogP contribution in [-0.4, -0.2) is 9.38 Å². The molecule has 0 fully saturated rings. The molecule has 7 heteroatoms. The lowest BCUT2D eigenvalue weighted by Crippen LogP contribution is -2.20. The first-order chi connectivity index (χ1) is 11.0. The predicted octanol–water partition coefficient (Wildman–Crippen LogP) is 4.41. The predicted molar refractivity (Wildman–Crippen MR) is 91.8 cm³/mol. The summed E-state index contributed by atoms with van der Waals surface area (Å²) in [6, 6.07) is 7.18. The molecule has 0 aliphatic rings. The largest absolute Gasteiger partial charge is 0.268 e. The SMILES string of the molecule is Cc1ccc(-c2c(C(C)N=[N+]=[N-])nc3scc(C)n3c2=O)cc1. The Hall–Kier alpha value is -2.63. The van der Waals surface area contributed by atoms with Gasteiger partial charge in [-0.1, -0.05) is 41.9 Å². The Morgan fingerprint density at radius 2 is 2.00 bits per heavy atom. The van der Waals surface area contributed by atoms with Crippen LogP contribution in [0.3, 0.4) is 0 Å². The van der Waals surface area contributed by atoms with Gasteiger partial charge >= 0.3 is 0 Å². The van der Waals surface area contributed by atoms with Crippen molar-refractivity contribution in [3.8, 4) is 11.1 Å². The van der Waals surface area contributed by atoms with E-state index in [0.717, 1.165) is 16.8 Å². The number of benzene rings is 1. The number of azide groups is 1. The summed E-state index contributed by atoms with van der Waals surface area (Å²) in [5, 5.41) is 5.62. The number of nitrogens with zero attached hydrogens (tertiary/aromatic N) is 5. The third kappa shape index (κ3) is 2.60. The first-order valence-electron chi connectivity index (χ1n) is 7.15. The normalized spacial score (nSPS) is 12.1. The van der Waals surface area contributed by atoms with E-state index in [1.54, 1.807) is 11.3 Å². The van der Waals surface area contributed by atoms with Gasteiger partial charge in [-0.25, -0.2) is 4.98 Å². The molecule has 0 saturated carbocycles. The van der Waals surface area contributed by atoms with Crippen LogP contribution in [0, 0.1) is 13.8 Å². The lowest BCUT2D eigenvalue weighted by Gasteiger charge is -2.12. The number of hydrogen-bond acceptors (Lipinski definition) is 4. The standard InChI is InChI=1S/C16H15N5OS/c1-9-4-6-12(7-5-9)13-14(11(3)19-20-17)18-16-21(15(13)22)10(2)8-23-16/h4-8,11H,1-3H3. The van der Waals surface area contributed by atoms with Gasteiger partial charge in [0.2, 0.25) is 0 Å². The van der Waals surface area contributed by atoms with Crippen LogP contribution in [0.25, 0.3) is 26.5 Å². The molecule has 0 aliphatic heterocycles. The van der Waals surface area contributed by atoms with Crippen LogP contribution in [0.15, 0.2) is 39.6 Å². The fourth-order valence-corrected chi connectivity index (χ4v) is 3.39. The number of fused-ring (bicyclic) bond motifs is 1. The average molecular weight is 325 g/mol. The van der Waals surface area contributed by atoms with Gasteiger partial charge in [-0.2, -0.15) is 0 Å².